The third-order valence-electron chi connectivity index (χ3n) is 2.48. The van der Waals surface area contributed by atoms with Crippen molar-refractivity contribution in [1.29, 1.82) is 0 Å². The van der Waals surface area contributed by atoms with E-state index in [0.29, 0.717) is 0 Å². The molecule has 0 N–H and O–H groups in total. The zero-order valence-electron chi connectivity index (χ0n) is 10.7. The Labute approximate surface area is 97.3 Å². The van der Waals surface area contributed by atoms with Gasteiger partial charge in [0.05, 0.1) is 6.61 Å². The topological polar surface area (TPSA) is 46.6 Å². The standard InChI is InChI=1S/C12H21NO3/c1-7-12(3,4)9(10(14)13(5)6)11(15)16-8-2/h7,9H,1,8H2,2-6H3. The first-order valence-electron chi connectivity index (χ1n) is 5.29. The number of carbonyl (C=O) groups excluding carboxylic acids is 2. The summed E-state index contributed by atoms with van der Waals surface area (Å²) in [4.78, 5) is 25.1. The number of hydrogen-bond acceptors (Lipinski definition) is 3. The first kappa shape index (κ1) is 14.7. The summed E-state index contributed by atoms with van der Waals surface area (Å²) >= 11 is 0. The molecule has 0 aromatic carbocycles. The molecule has 1 atom stereocenters. The quantitative estimate of drug-likeness (QED) is 0.406. The maximum Gasteiger partial charge on any atom is 0.319 e. The highest BCUT2D eigenvalue weighted by molar-refractivity contribution is 5.98. The number of hydrogen-bond donors (Lipinski definition) is 0. The maximum absolute atomic E-state index is 11.9. The van der Waals surface area contributed by atoms with Crippen LogP contribution in [0.25, 0.3) is 0 Å². The Bertz CT molecular complexity index is 282. The minimum absolute atomic E-state index is 0.261. The predicted octanol–water partition coefficient (Wildman–Crippen LogP) is 1.47. The van der Waals surface area contributed by atoms with Crippen molar-refractivity contribution in [3.05, 3.63) is 12.7 Å². The molecule has 0 radical (unpaired) electrons. The maximum atomic E-state index is 11.9. The molecule has 4 nitrogen and oxygen atoms in total. The number of allylic oxidation sites excluding steroid dienone is 1. The number of carbonyl (C=O) groups is 2. The van der Waals surface area contributed by atoms with Crippen LogP contribution in [0.3, 0.4) is 0 Å². The van der Waals surface area contributed by atoms with E-state index in [1.807, 2.05) is 0 Å². The SMILES string of the molecule is C=CC(C)(C)C(C(=O)OCC)C(=O)N(C)C. The van der Waals surface area contributed by atoms with Gasteiger partial charge in [-0.15, -0.1) is 6.58 Å². The fourth-order valence-corrected chi connectivity index (χ4v) is 1.32. The Morgan fingerprint density at radius 2 is 1.94 bits per heavy atom. The second kappa shape index (κ2) is 5.68. The molecule has 0 saturated carbocycles. The first-order chi connectivity index (χ1) is 7.27. The van der Waals surface area contributed by atoms with Gasteiger partial charge < -0.3 is 9.64 Å². The summed E-state index contributed by atoms with van der Waals surface area (Å²) < 4.78 is 4.93. The van der Waals surface area contributed by atoms with Crippen molar-refractivity contribution in [2.45, 2.75) is 20.8 Å². The molecular formula is C12H21NO3. The molecular weight excluding hydrogens is 206 g/mol. The third kappa shape index (κ3) is 3.36. The predicted molar refractivity (Wildman–Crippen MR) is 62.8 cm³/mol. The summed E-state index contributed by atoms with van der Waals surface area (Å²) in [6.07, 6.45) is 1.61. The van der Waals surface area contributed by atoms with Crippen LogP contribution in [0, 0.1) is 11.3 Å². The smallest absolute Gasteiger partial charge is 0.319 e. The van der Waals surface area contributed by atoms with Gasteiger partial charge in [-0.05, 0) is 6.92 Å². The number of rotatable bonds is 5. The highest BCUT2D eigenvalue weighted by atomic mass is 16.5. The van der Waals surface area contributed by atoms with E-state index in [4.69, 9.17) is 4.74 Å². The van der Waals surface area contributed by atoms with Crippen LogP contribution in [0.2, 0.25) is 0 Å². The van der Waals surface area contributed by atoms with Crippen molar-refractivity contribution in [2.24, 2.45) is 11.3 Å². The van der Waals surface area contributed by atoms with Crippen molar-refractivity contribution >= 4 is 11.9 Å². The monoisotopic (exact) mass is 227 g/mol. The first-order valence-corrected chi connectivity index (χ1v) is 5.29. The van der Waals surface area contributed by atoms with E-state index in [2.05, 4.69) is 6.58 Å². The minimum Gasteiger partial charge on any atom is -0.465 e. The van der Waals surface area contributed by atoms with E-state index in [1.165, 1.54) is 4.90 Å². The van der Waals surface area contributed by atoms with Gasteiger partial charge >= 0.3 is 5.97 Å². The Hall–Kier alpha value is -1.32. The fourth-order valence-electron chi connectivity index (χ4n) is 1.32. The molecule has 0 bridgehead atoms. The van der Waals surface area contributed by atoms with Crippen LogP contribution in [0.15, 0.2) is 12.7 Å². The van der Waals surface area contributed by atoms with Crippen molar-refractivity contribution in [1.82, 2.24) is 4.90 Å². The second-order valence-corrected chi connectivity index (χ2v) is 4.44. The molecule has 4 heteroatoms. The van der Waals surface area contributed by atoms with Gasteiger partial charge in [-0.25, -0.2) is 0 Å². The molecule has 92 valence electrons. The van der Waals surface area contributed by atoms with Crippen molar-refractivity contribution in [3.8, 4) is 0 Å². The van der Waals surface area contributed by atoms with E-state index in [0.717, 1.165) is 0 Å². The van der Waals surface area contributed by atoms with Gasteiger partial charge in [0.1, 0.15) is 5.92 Å². The number of nitrogens with zero attached hydrogens (tertiary/aromatic N) is 1. The van der Waals surface area contributed by atoms with Crippen LogP contribution in [0.1, 0.15) is 20.8 Å². The van der Waals surface area contributed by atoms with E-state index in [-0.39, 0.29) is 12.5 Å². The molecule has 0 saturated heterocycles. The molecule has 0 fully saturated rings. The molecule has 0 aliphatic heterocycles. The fraction of sp³-hybridized carbons (Fsp3) is 0.667. The van der Waals surface area contributed by atoms with Crippen LogP contribution in [-0.2, 0) is 14.3 Å². The van der Waals surface area contributed by atoms with Crippen LogP contribution in [0.4, 0.5) is 0 Å². The van der Waals surface area contributed by atoms with E-state index in [1.54, 1.807) is 40.9 Å². The lowest BCUT2D eigenvalue weighted by Gasteiger charge is -2.30. The van der Waals surface area contributed by atoms with Crippen molar-refractivity contribution < 1.29 is 14.3 Å². The van der Waals surface area contributed by atoms with Gasteiger partial charge in [-0.3, -0.25) is 9.59 Å². The van der Waals surface area contributed by atoms with Gasteiger partial charge in [-0.2, -0.15) is 0 Å². The summed E-state index contributed by atoms with van der Waals surface area (Å²) in [5, 5.41) is 0. The number of amides is 1. The third-order valence-corrected chi connectivity index (χ3v) is 2.48. The van der Waals surface area contributed by atoms with Crippen LogP contribution in [0.5, 0.6) is 0 Å². The number of ether oxygens (including phenoxy) is 1. The zero-order chi connectivity index (χ0) is 12.9. The molecule has 0 aliphatic rings. The normalized spacial score (nSPS) is 12.8. The van der Waals surface area contributed by atoms with Crippen molar-refractivity contribution in [3.63, 3.8) is 0 Å². The highest BCUT2D eigenvalue weighted by Gasteiger charge is 2.40. The summed E-state index contributed by atoms with van der Waals surface area (Å²) in [5.41, 5.74) is -0.617. The highest BCUT2D eigenvalue weighted by Crippen LogP contribution is 2.30. The van der Waals surface area contributed by atoms with Crippen LogP contribution < -0.4 is 0 Å². The van der Waals surface area contributed by atoms with Gasteiger partial charge in [0.15, 0.2) is 0 Å². The minimum atomic E-state index is -0.833. The summed E-state index contributed by atoms with van der Waals surface area (Å²) in [6, 6.07) is 0. The molecule has 0 aliphatic carbocycles. The average Bonchev–Trinajstić information content (AvgIpc) is 2.17. The Kier molecular flexibility index (Phi) is 5.21. The Morgan fingerprint density at radius 3 is 2.25 bits per heavy atom. The molecule has 0 aromatic heterocycles. The summed E-state index contributed by atoms with van der Waals surface area (Å²) in [5.74, 6) is -1.59. The second-order valence-electron chi connectivity index (χ2n) is 4.44. The summed E-state index contributed by atoms with van der Waals surface area (Å²) in [6.45, 7) is 9.23. The zero-order valence-corrected chi connectivity index (χ0v) is 10.7. The average molecular weight is 227 g/mol. The summed E-state index contributed by atoms with van der Waals surface area (Å²) in [7, 11) is 3.24. The molecule has 1 amide bonds. The molecule has 0 spiro atoms. The largest absolute Gasteiger partial charge is 0.465 e. The number of esters is 1. The lowest BCUT2D eigenvalue weighted by atomic mass is 9.78. The van der Waals surface area contributed by atoms with Gasteiger partial charge in [-0.1, -0.05) is 19.9 Å². The van der Waals surface area contributed by atoms with E-state index in [9.17, 15) is 9.59 Å². The van der Waals surface area contributed by atoms with E-state index >= 15 is 0 Å². The molecule has 1 unspecified atom stereocenters. The molecule has 0 heterocycles. The lowest BCUT2D eigenvalue weighted by molar-refractivity contribution is -0.158. The van der Waals surface area contributed by atoms with Crippen molar-refractivity contribution in [2.75, 3.05) is 20.7 Å². The van der Waals surface area contributed by atoms with Gasteiger partial charge in [0.2, 0.25) is 5.91 Å². The Balaban J connectivity index is 5.13. The van der Waals surface area contributed by atoms with Crippen LogP contribution in [-0.4, -0.2) is 37.5 Å². The van der Waals surface area contributed by atoms with Crippen LogP contribution >= 0.6 is 0 Å². The lowest BCUT2D eigenvalue weighted by Crippen LogP contribution is -2.43. The molecule has 0 aromatic rings. The molecule has 0 rings (SSSR count). The molecule has 16 heavy (non-hydrogen) atoms. The van der Waals surface area contributed by atoms with E-state index < -0.39 is 17.3 Å². The Morgan fingerprint density at radius 1 is 1.44 bits per heavy atom. The van der Waals surface area contributed by atoms with Gasteiger partial charge in [0, 0.05) is 19.5 Å². The van der Waals surface area contributed by atoms with Gasteiger partial charge in [0.25, 0.3) is 0 Å².